The first-order valence-electron chi connectivity index (χ1n) is 9.35. The Bertz CT molecular complexity index is 808. The highest BCUT2D eigenvalue weighted by atomic mass is 16.5. The molecule has 0 saturated carbocycles. The molecule has 1 unspecified atom stereocenters. The molecule has 1 aromatic carbocycles. The van der Waals surface area contributed by atoms with Crippen molar-refractivity contribution in [2.45, 2.75) is 40.3 Å². The van der Waals surface area contributed by atoms with Gasteiger partial charge in [-0.25, -0.2) is 4.79 Å². The minimum atomic E-state index is -0.561. The monoisotopic (exact) mass is 359 g/mol. The van der Waals surface area contributed by atoms with Crippen LogP contribution in [0.4, 0.5) is 0 Å². The number of esters is 1. The molecule has 0 spiro atoms. The number of fused-ring (bicyclic) bond motifs is 1. The van der Waals surface area contributed by atoms with Crippen LogP contribution < -0.4 is 16.1 Å². The molecule has 1 aliphatic heterocycles. The van der Waals surface area contributed by atoms with Crippen molar-refractivity contribution in [3.05, 3.63) is 45.7 Å². The number of carbonyl (C=O) groups is 1. The van der Waals surface area contributed by atoms with Crippen LogP contribution in [-0.2, 0) is 11.3 Å². The third-order valence-corrected chi connectivity index (χ3v) is 4.27. The Balaban J connectivity index is 0.00000117. The lowest BCUT2D eigenvalue weighted by molar-refractivity contribution is 0.0524. The molecule has 0 radical (unpaired) electrons. The van der Waals surface area contributed by atoms with Crippen LogP contribution >= 0.6 is 0 Å². The lowest BCUT2D eigenvalue weighted by Gasteiger charge is -2.26. The second-order valence-electron chi connectivity index (χ2n) is 6.12. The quantitative estimate of drug-likeness (QED) is 0.818. The smallest absolute Gasteiger partial charge is 0.343 e. The number of hydrogen-bond acceptors (Lipinski definition) is 5. The first-order chi connectivity index (χ1) is 12.6. The van der Waals surface area contributed by atoms with Crippen molar-refractivity contribution < 1.29 is 9.53 Å². The molecule has 0 amide bonds. The Labute approximate surface area is 154 Å². The molecule has 6 heteroatoms. The minimum absolute atomic E-state index is 0.0960. The predicted octanol–water partition coefficient (Wildman–Crippen LogP) is 2.07. The van der Waals surface area contributed by atoms with Crippen molar-refractivity contribution in [3.8, 4) is 0 Å². The number of piperazine rings is 1. The minimum Gasteiger partial charge on any atom is -0.462 e. The van der Waals surface area contributed by atoms with Crippen LogP contribution in [-0.4, -0.2) is 42.8 Å². The average Bonchev–Trinajstić information content (AvgIpc) is 2.66. The van der Waals surface area contributed by atoms with Crippen molar-refractivity contribution in [2.24, 2.45) is 0 Å². The summed E-state index contributed by atoms with van der Waals surface area (Å²) in [5.74, 6) is -0.561. The molecule has 0 aliphatic carbocycles. The molecular formula is C20H29N3O3. The van der Waals surface area contributed by atoms with Crippen LogP contribution in [0.15, 0.2) is 29.2 Å². The summed E-state index contributed by atoms with van der Waals surface area (Å²) in [6, 6.07) is 6.01. The maximum Gasteiger partial charge on any atom is 0.343 e. The highest BCUT2D eigenvalue weighted by Crippen LogP contribution is 2.15. The number of ether oxygens (including phenoxy) is 1. The zero-order valence-electron chi connectivity index (χ0n) is 16.1. The van der Waals surface area contributed by atoms with Crippen LogP contribution in [0.25, 0.3) is 10.9 Å². The van der Waals surface area contributed by atoms with Crippen molar-refractivity contribution in [1.29, 1.82) is 0 Å². The second kappa shape index (κ2) is 9.50. The largest absolute Gasteiger partial charge is 0.462 e. The number of nitrogens with one attached hydrogen (secondary N) is 2. The van der Waals surface area contributed by atoms with Gasteiger partial charge in [-0.15, -0.1) is 0 Å². The van der Waals surface area contributed by atoms with E-state index in [9.17, 15) is 9.59 Å². The molecule has 2 aromatic rings. The number of aromatic nitrogens is 1. The number of aryl methyl sites for hydroxylation is 1. The highest BCUT2D eigenvalue weighted by molar-refractivity contribution is 5.93. The van der Waals surface area contributed by atoms with E-state index < -0.39 is 5.97 Å². The summed E-state index contributed by atoms with van der Waals surface area (Å²) in [5, 5.41) is 7.37. The predicted molar refractivity (Wildman–Crippen MR) is 105 cm³/mol. The van der Waals surface area contributed by atoms with Gasteiger partial charge in [0.05, 0.1) is 12.1 Å². The van der Waals surface area contributed by atoms with Crippen molar-refractivity contribution >= 4 is 16.9 Å². The topological polar surface area (TPSA) is 72.4 Å². The molecule has 1 aliphatic rings. The van der Waals surface area contributed by atoms with E-state index in [0.717, 1.165) is 30.7 Å². The van der Waals surface area contributed by atoms with E-state index in [1.165, 1.54) is 0 Å². The third kappa shape index (κ3) is 4.51. The molecule has 2 heterocycles. The SMILES string of the molecule is CC.CCOC(=O)c1cn(CC2CNCCN2)c2ccc(C)cc2c1=O. The number of pyridine rings is 1. The Morgan fingerprint density at radius 3 is 2.73 bits per heavy atom. The van der Waals surface area contributed by atoms with E-state index in [1.807, 2.05) is 43.5 Å². The van der Waals surface area contributed by atoms with Crippen molar-refractivity contribution in [1.82, 2.24) is 15.2 Å². The van der Waals surface area contributed by atoms with Gasteiger partial charge in [0, 0.05) is 43.8 Å². The lowest BCUT2D eigenvalue weighted by atomic mass is 10.1. The zero-order valence-corrected chi connectivity index (χ0v) is 16.1. The van der Waals surface area contributed by atoms with E-state index in [1.54, 1.807) is 13.1 Å². The standard InChI is InChI=1S/C18H23N3O3.C2H6/c1-3-24-18(23)15-11-21(10-13-9-19-6-7-20-13)16-5-4-12(2)8-14(16)17(15)22;1-2/h4-5,8,11,13,19-20H,3,6-7,9-10H2,1-2H3;1-2H3. The van der Waals surface area contributed by atoms with E-state index in [0.29, 0.717) is 11.9 Å². The van der Waals surface area contributed by atoms with E-state index in [2.05, 4.69) is 10.6 Å². The van der Waals surface area contributed by atoms with E-state index >= 15 is 0 Å². The summed E-state index contributed by atoms with van der Waals surface area (Å²) in [4.78, 5) is 24.9. The molecule has 2 N–H and O–H groups in total. The van der Waals surface area contributed by atoms with Gasteiger partial charge in [0.15, 0.2) is 0 Å². The number of benzene rings is 1. The third-order valence-electron chi connectivity index (χ3n) is 4.27. The molecule has 1 fully saturated rings. The van der Waals surface area contributed by atoms with Gasteiger partial charge in [0.1, 0.15) is 5.56 Å². The summed E-state index contributed by atoms with van der Waals surface area (Å²) in [5.41, 5.74) is 1.66. The molecule has 142 valence electrons. The molecule has 1 atom stereocenters. The maximum atomic E-state index is 12.7. The summed E-state index contributed by atoms with van der Waals surface area (Å²) in [6.07, 6.45) is 1.63. The average molecular weight is 359 g/mol. The first-order valence-corrected chi connectivity index (χ1v) is 9.35. The Hall–Kier alpha value is -2.18. The molecule has 26 heavy (non-hydrogen) atoms. The number of carbonyl (C=O) groups excluding carboxylic acids is 1. The van der Waals surface area contributed by atoms with Crippen LogP contribution in [0, 0.1) is 6.92 Å². The zero-order chi connectivity index (χ0) is 19.1. The van der Waals surface area contributed by atoms with Gasteiger partial charge in [-0.05, 0) is 26.0 Å². The summed E-state index contributed by atoms with van der Waals surface area (Å²) in [7, 11) is 0. The van der Waals surface area contributed by atoms with Gasteiger partial charge < -0.3 is 19.9 Å². The summed E-state index contributed by atoms with van der Waals surface area (Å²) >= 11 is 0. The molecule has 3 rings (SSSR count). The van der Waals surface area contributed by atoms with Crippen LogP contribution in [0.2, 0.25) is 0 Å². The fourth-order valence-electron chi connectivity index (χ4n) is 3.10. The fourth-order valence-corrected chi connectivity index (χ4v) is 3.10. The van der Waals surface area contributed by atoms with Crippen LogP contribution in [0.3, 0.4) is 0 Å². The van der Waals surface area contributed by atoms with Gasteiger partial charge in [-0.2, -0.15) is 0 Å². The van der Waals surface area contributed by atoms with Gasteiger partial charge in [0.25, 0.3) is 0 Å². The van der Waals surface area contributed by atoms with Crippen LogP contribution in [0.1, 0.15) is 36.7 Å². The fraction of sp³-hybridized carbons (Fsp3) is 0.500. The van der Waals surface area contributed by atoms with E-state index in [4.69, 9.17) is 4.74 Å². The molecule has 1 saturated heterocycles. The molecule has 1 aromatic heterocycles. The second-order valence-corrected chi connectivity index (χ2v) is 6.12. The number of hydrogen-bond donors (Lipinski definition) is 2. The maximum absolute atomic E-state index is 12.7. The Kier molecular flexibility index (Phi) is 7.36. The van der Waals surface area contributed by atoms with Gasteiger partial charge in [-0.3, -0.25) is 4.79 Å². The summed E-state index contributed by atoms with van der Waals surface area (Å²) < 4.78 is 7.03. The first kappa shape index (κ1) is 20.1. The van der Waals surface area contributed by atoms with Gasteiger partial charge in [-0.1, -0.05) is 25.5 Å². The van der Waals surface area contributed by atoms with E-state index in [-0.39, 0.29) is 23.6 Å². The molecule has 6 nitrogen and oxygen atoms in total. The molecular weight excluding hydrogens is 330 g/mol. The van der Waals surface area contributed by atoms with Crippen LogP contribution in [0.5, 0.6) is 0 Å². The normalized spacial score (nSPS) is 16.7. The summed E-state index contributed by atoms with van der Waals surface area (Å²) in [6.45, 7) is 11.3. The number of rotatable bonds is 4. The Morgan fingerprint density at radius 1 is 1.31 bits per heavy atom. The van der Waals surface area contributed by atoms with Gasteiger partial charge >= 0.3 is 5.97 Å². The highest BCUT2D eigenvalue weighted by Gasteiger charge is 2.19. The molecule has 0 bridgehead atoms. The van der Waals surface area contributed by atoms with Crippen molar-refractivity contribution in [2.75, 3.05) is 26.2 Å². The van der Waals surface area contributed by atoms with Crippen molar-refractivity contribution in [3.63, 3.8) is 0 Å². The lowest BCUT2D eigenvalue weighted by Crippen LogP contribution is -2.50. The Morgan fingerprint density at radius 2 is 2.08 bits per heavy atom. The number of nitrogens with zero attached hydrogens (tertiary/aromatic N) is 1. The van der Waals surface area contributed by atoms with Gasteiger partial charge in [0.2, 0.25) is 5.43 Å².